The minimum atomic E-state index is -5.02. The molecule has 0 aromatic rings. The van der Waals surface area contributed by atoms with Crippen molar-refractivity contribution in [3.8, 4) is 0 Å². The molecule has 1 aliphatic carbocycles. The molecule has 1 rings (SSSR count). The van der Waals surface area contributed by atoms with Crippen molar-refractivity contribution in [1.82, 2.24) is 0 Å². The number of carbonyl (C=O) groups is 1. The maximum Gasteiger partial charge on any atom is 0.472 e. The van der Waals surface area contributed by atoms with Crippen LogP contribution in [-0.2, 0) is 27.9 Å². The second-order valence-electron chi connectivity index (χ2n) is 19.4. The van der Waals surface area contributed by atoms with E-state index in [2.05, 4.69) is 38.2 Å². The van der Waals surface area contributed by atoms with Gasteiger partial charge in [-0.25, -0.2) is 4.57 Å². The molecule has 0 bridgehead atoms. The van der Waals surface area contributed by atoms with Crippen LogP contribution in [0, 0.1) is 0 Å². The van der Waals surface area contributed by atoms with Crippen LogP contribution < -0.4 is 0 Å². The number of phosphoric acid groups is 1. The smallest absolute Gasteiger partial charge is 0.457 e. The van der Waals surface area contributed by atoms with Gasteiger partial charge in [0.2, 0.25) is 0 Å². The summed E-state index contributed by atoms with van der Waals surface area (Å²) in [7, 11) is -5.02. The lowest BCUT2D eigenvalue weighted by molar-refractivity contribution is -0.220. The van der Waals surface area contributed by atoms with E-state index in [9.17, 15) is 39.8 Å². The number of unbranched alkanes of at least 4 members (excludes halogenated alkanes) is 32. The molecular weight excluding hydrogens is 872 g/mol. The summed E-state index contributed by atoms with van der Waals surface area (Å²) in [5.41, 5.74) is 0. The van der Waals surface area contributed by atoms with Crippen molar-refractivity contribution in [3.05, 3.63) is 24.3 Å². The topological polar surface area (TPSA) is 192 Å². The Morgan fingerprint density at radius 2 is 0.791 bits per heavy atom. The van der Waals surface area contributed by atoms with Crippen LogP contribution >= 0.6 is 7.82 Å². The molecule has 13 heteroatoms. The molecule has 0 aliphatic heterocycles. The molecule has 0 saturated heterocycles. The van der Waals surface area contributed by atoms with Gasteiger partial charge in [-0.2, -0.15) is 0 Å². The summed E-state index contributed by atoms with van der Waals surface area (Å²) < 4.78 is 34.3. The summed E-state index contributed by atoms with van der Waals surface area (Å²) >= 11 is 0. The number of phosphoric ester groups is 1. The first-order valence-electron chi connectivity index (χ1n) is 27.7. The molecule has 0 aromatic carbocycles. The number of esters is 1. The Morgan fingerprint density at radius 3 is 1.18 bits per heavy atom. The highest BCUT2D eigenvalue weighted by atomic mass is 31.2. The van der Waals surface area contributed by atoms with Crippen LogP contribution in [0.3, 0.4) is 0 Å². The zero-order valence-electron chi connectivity index (χ0n) is 42.7. The van der Waals surface area contributed by atoms with Gasteiger partial charge in [0.1, 0.15) is 42.7 Å². The van der Waals surface area contributed by atoms with E-state index in [1.807, 2.05) is 0 Å². The monoisotopic (exact) mass is 975 g/mol. The number of hydrogen-bond acceptors (Lipinski definition) is 11. The van der Waals surface area contributed by atoms with Gasteiger partial charge in [0.15, 0.2) is 0 Å². The number of carbonyl (C=O) groups excluding carboxylic acids is 1. The van der Waals surface area contributed by atoms with Gasteiger partial charge in [-0.15, -0.1) is 0 Å². The van der Waals surface area contributed by atoms with Crippen LogP contribution in [0.2, 0.25) is 0 Å². The van der Waals surface area contributed by atoms with Crippen molar-refractivity contribution in [2.24, 2.45) is 0 Å². The van der Waals surface area contributed by atoms with Crippen LogP contribution in [0.25, 0.3) is 0 Å². The second-order valence-corrected chi connectivity index (χ2v) is 20.8. The zero-order valence-corrected chi connectivity index (χ0v) is 43.6. The van der Waals surface area contributed by atoms with Gasteiger partial charge in [-0.05, 0) is 64.2 Å². The number of allylic oxidation sites excluding steroid dienone is 4. The summed E-state index contributed by atoms with van der Waals surface area (Å²) in [6, 6.07) is 0. The molecule has 6 unspecified atom stereocenters. The number of aliphatic hydroxyl groups excluding tert-OH is 5. The highest BCUT2D eigenvalue weighted by Gasteiger charge is 2.51. The van der Waals surface area contributed by atoms with Gasteiger partial charge in [0.05, 0.1) is 13.2 Å². The lowest BCUT2D eigenvalue weighted by Gasteiger charge is -2.41. The van der Waals surface area contributed by atoms with Gasteiger partial charge >= 0.3 is 13.8 Å². The maximum absolute atomic E-state index is 12.9. The molecule has 6 N–H and O–H groups in total. The molecule has 6 atom stereocenters. The predicted octanol–water partition coefficient (Wildman–Crippen LogP) is 12.8. The molecule has 1 fully saturated rings. The molecule has 67 heavy (non-hydrogen) atoms. The fraction of sp³-hybridized carbons (Fsp3) is 0.907. The number of ether oxygens (including phenoxy) is 2. The Labute approximate surface area is 409 Å². The van der Waals surface area contributed by atoms with E-state index in [0.29, 0.717) is 13.0 Å². The molecule has 12 nitrogen and oxygen atoms in total. The molecule has 0 spiro atoms. The average molecular weight is 975 g/mol. The first kappa shape index (κ1) is 63.8. The molecule has 1 saturated carbocycles. The van der Waals surface area contributed by atoms with E-state index in [1.54, 1.807) is 0 Å². The molecule has 396 valence electrons. The van der Waals surface area contributed by atoms with Gasteiger partial charge in [0, 0.05) is 13.0 Å². The van der Waals surface area contributed by atoms with E-state index >= 15 is 0 Å². The predicted molar refractivity (Wildman–Crippen MR) is 272 cm³/mol. The molecule has 0 radical (unpaired) electrons. The lowest BCUT2D eigenvalue weighted by Crippen LogP contribution is -2.64. The second kappa shape index (κ2) is 44.7. The Balaban J connectivity index is 2.28. The lowest BCUT2D eigenvalue weighted by atomic mass is 9.85. The van der Waals surface area contributed by atoms with Crippen LogP contribution in [0.15, 0.2) is 24.3 Å². The van der Waals surface area contributed by atoms with E-state index < -0.39 is 63.1 Å². The van der Waals surface area contributed by atoms with Crippen LogP contribution in [0.5, 0.6) is 0 Å². The first-order chi connectivity index (χ1) is 32.5. The normalized spacial score (nSPS) is 21.4. The summed E-state index contributed by atoms with van der Waals surface area (Å²) in [5, 5.41) is 50.3. The third kappa shape index (κ3) is 36.4. The Kier molecular flexibility index (Phi) is 42.6. The van der Waals surface area contributed by atoms with Gasteiger partial charge in [-0.3, -0.25) is 13.8 Å². The highest BCUT2D eigenvalue weighted by Crippen LogP contribution is 2.47. The van der Waals surface area contributed by atoms with E-state index in [0.717, 1.165) is 57.8 Å². The highest BCUT2D eigenvalue weighted by molar-refractivity contribution is 7.47. The van der Waals surface area contributed by atoms with Crippen molar-refractivity contribution >= 4 is 13.8 Å². The molecule has 0 heterocycles. The Hall–Kier alpha value is -1.18. The van der Waals surface area contributed by atoms with E-state index in [-0.39, 0.29) is 13.0 Å². The van der Waals surface area contributed by atoms with Gasteiger partial charge in [-0.1, -0.05) is 205 Å². The average Bonchev–Trinajstić information content (AvgIpc) is 3.31. The fourth-order valence-corrected chi connectivity index (χ4v) is 9.61. The summed E-state index contributed by atoms with van der Waals surface area (Å²) in [6.07, 6.45) is 41.1. The van der Waals surface area contributed by atoms with Gasteiger partial charge < -0.3 is 39.9 Å². The Bertz CT molecular complexity index is 1200. The first-order valence-corrected chi connectivity index (χ1v) is 29.2. The largest absolute Gasteiger partial charge is 0.472 e. The quantitative estimate of drug-likeness (QED) is 0.0147. The van der Waals surface area contributed by atoms with Crippen molar-refractivity contribution < 1.29 is 58.3 Å². The standard InChI is InChI=1S/C54H103O12P/c1-3-5-7-9-11-13-15-17-19-21-22-23-24-25-26-27-28-30-32-34-36-38-40-42-44-63-45-47(46-64-67(61,62)66-54-52(59)50(57)49(56)51(58)53(54)60)65-48(55)43-41-39-37-35-33-31-29-20-18-16-14-12-10-8-6-4-2/h20-22,29,47,49-54,56-60H,3-19,23-28,30-46H2,1-2H3,(H,61,62)/b22-21-,29-20-. The summed E-state index contributed by atoms with van der Waals surface area (Å²) in [4.78, 5) is 23.3. The van der Waals surface area contributed by atoms with Crippen LogP contribution in [-0.4, -0.2) is 98.9 Å². The third-order valence-corrected chi connectivity index (χ3v) is 14.0. The summed E-state index contributed by atoms with van der Waals surface area (Å²) in [5.74, 6) is -0.482. The van der Waals surface area contributed by atoms with Gasteiger partial charge in [0.25, 0.3) is 0 Å². The van der Waals surface area contributed by atoms with Crippen molar-refractivity contribution in [2.75, 3.05) is 19.8 Å². The van der Waals surface area contributed by atoms with Crippen molar-refractivity contribution in [3.63, 3.8) is 0 Å². The number of rotatable bonds is 48. The maximum atomic E-state index is 12.9. The van der Waals surface area contributed by atoms with E-state index in [4.69, 9.17) is 18.5 Å². The van der Waals surface area contributed by atoms with Crippen molar-refractivity contribution in [2.45, 2.75) is 294 Å². The van der Waals surface area contributed by atoms with Crippen LogP contribution in [0.1, 0.15) is 251 Å². The number of hydrogen-bond donors (Lipinski definition) is 6. The fourth-order valence-electron chi connectivity index (χ4n) is 8.64. The molecular formula is C54H103O12P. The molecule has 0 aromatic heterocycles. The minimum absolute atomic E-state index is 0.0768. The zero-order chi connectivity index (χ0) is 49.1. The third-order valence-electron chi connectivity index (χ3n) is 13.0. The van der Waals surface area contributed by atoms with Crippen molar-refractivity contribution in [1.29, 1.82) is 0 Å². The minimum Gasteiger partial charge on any atom is -0.457 e. The molecule has 1 aliphatic rings. The number of aliphatic hydroxyl groups is 5. The van der Waals surface area contributed by atoms with Crippen LogP contribution in [0.4, 0.5) is 0 Å². The molecule has 0 amide bonds. The Morgan fingerprint density at radius 1 is 0.463 bits per heavy atom. The summed E-state index contributed by atoms with van der Waals surface area (Å²) in [6.45, 7) is 4.29. The SMILES string of the molecule is CCCCCCCCC/C=C\CCCCCCCC(=O)OC(COCCCCCCCCCCCCCC/C=C\CCCCCCCCCC)COP(=O)(O)OC1C(O)C(O)C(O)C(O)C1O. The van der Waals surface area contributed by atoms with E-state index in [1.165, 1.54) is 167 Å².